The number of hydrogen-bond donors (Lipinski definition) is 2. The molecule has 282 valence electrons. The first-order valence-corrected chi connectivity index (χ1v) is 22.1. The second-order valence-corrected chi connectivity index (χ2v) is 15.8. The fourth-order valence-electron chi connectivity index (χ4n) is 6.74. The first-order chi connectivity index (χ1) is 23.0. The van der Waals surface area contributed by atoms with E-state index in [1.807, 2.05) is 0 Å². The van der Waals surface area contributed by atoms with E-state index < -0.39 is 13.6 Å². The molecule has 1 saturated heterocycles. The summed E-state index contributed by atoms with van der Waals surface area (Å²) in [5, 5.41) is 0. The van der Waals surface area contributed by atoms with E-state index in [0.717, 1.165) is 25.7 Å². The molecule has 1 aliphatic heterocycles. The van der Waals surface area contributed by atoms with Gasteiger partial charge in [-0.25, -0.2) is 4.57 Å². The third-order valence-electron chi connectivity index (χ3n) is 9.76. The van der Waals surface area contributed by atoms with Gasteiger partial charge in [0.1, 0.15) is 6.10 Å². The summed E-state index contributed by atoms with van der Waals surface area (Å²) in [6.07, 6.45) is 39.5. The van der Waals surface area contributed by atoms with Crippen molar-refractivity contribution in [3.05, 3.63) is 0 Å². The lowest BCUT2D eigenvalue weighted by Crippen LogP contribution is -2.32. The summed E-state index contributed by atoms with van der Waals surface area (Å²) >= 11 is 0. The Kier molecular flexibility index (Phi) is 30.6. The molecule has 3 N–H and O–H groups in total. The van der Waals surface area contributed by atoms with Gasteiger partial charge in [-0.15, -0.1) is 0 Å². The first kappa shape index (κ1) is 45.0. The largest absolute Gasteiger partial charge is 0.472 e. The third kappa shape index (κ3) is 27.4. The molecule has 1 rings (SSSR count). The third-order valence-corrected chi connectivity index (χ3v) is 10.7. The average molecular weight is 690 g/mol. The van der Waals surface area contributed by atoms with E-state index in [4.69, 9.17) is 24.3 Å². The molecule has 0 amide bonds. The highest BCUT2D eigenvalue weighted by atomic mass is 31.2. The van der Waals surface area contributed by atoms with Gasteiger partial charge in [-0.2, -0.15) is 0 Å². The van der Waals surface area contributed by atoms with Crippen LogP contribution in [0.1, 0.15) is 213 Å². The Morgan fingerprint density at radius 2 is 0.957 bits per heavy atom. The Hall–Kier alpha value is -0.0100. The molecule has 1 fully saturated rings. The molecule has 1 heterocycles. The van der Waals surface area contributed by atoms with Crippen LogP contribution in [0.15, 0.2) is 0 Å². The molecule has 0 spiro atoms. The zero-order chi connectivity index (χ0) is 34.2. The van der Waals surface area contributed by atoms with Crippen LogP contribution in [0.3, 0.4) is 0 Å². The zero-order valence-electron chi connectivity index (χ0n) is 31.3. The highest BCUT2D eigenvalue weighted by Gasteiger charge is 2.41. The SMILES string of the molecule is CCCCCCCCCCCCCCCCC1(CCCCCCCCCCCCCCCC)OCC(COP(=O)(O)OCCCN)O1. The van der Waals surface area contributed by atoms with Gasteiger partial charge < -0.3 is 20.1 Å². The van der Waals surface area contributed by atoms with Crippen LogP contribution in [0.2, 0.25) is 0 Å². The number of phosphoric acid groups is 1. The van der Waals surface area contributed by atoms with Crippen LogP contribution in [0.25, 0.3) is 0 Å². The first-order valence-electron chi connectivity index (χ1n) is 20.6. The van der Waals surface area contributed by atoms with Crippen molar-refractivity contribution in [2.24, 2.45) is 5.73 Å². The second kappa shape index (κ2) is 31.9. The van der Waals surface area contributed by atoms with Crippen molar-refractivity contribution in [2.45, 2.75) is 225 Å². The van der Waals surface area contributed by atoms with E-state index in [9.17, 15) is 9.46 Å². The lowest BCUT2D eigenvalue weighted by atomic mass is 9.98. The van der Waals surface area contributed by atoms with Gasteiger partial charge >= 0.3 is 7.82 Å². The van der Waals surface area contributed by atoms with Crippen molar-refractivity contribution >= 4 is 7.82 Å². The maximum Gasteiger partial charge on any atom is 0.472 e. The Morgan fingerprint density at radius 1 is 0.596 bits per heavy atom. The van der Waals surface area contributed by atoms with E-state index in [-0.39, 0.29) is 19.3 Å². The standard InChI is InChI=1S/C39H80NO6P/c1-3-5-7-9-11-13-15-17-19-21-23-25-27-29-32-39(43-36-38(46-39)37-45-47(41,42)44-35-31-34-40)33-30-28-26-24-22-20-18-16-14-12-10-8-6-4-2/h38H,3-37,40H2,1-2H3,(H,41,42). The van der Waals surface area contributed by atoms with Crippen LogP contribution in [0, 0.1) is 0 Å². The van der Waals surface area contributed by atoms with E-state index in [1.54, 1.807) is 0 Å². The van der Waals surface area contributed by atoms with Crippen LogP contribution >= 0.6 is 7.82 Å². The van der Waals surface area contributed by atoms with Gasteiger partial charge in [0.2, 0.25) is 0 Å². The average Bonchev–Trinajstić information content (AvgIpc) is 3.47. The van der Waals surface area contributed by atoms with Crippen molar-refractivity contribution in [2.75, 3.05) is 26.4 Å². The predicted octanol–water partition coefficient (Wildman–Crippen LogP) is 12.3. The van der Waals surface area contributed by atoms with Crippen molar-refractivity contribution in [1.82, 2.24) is 0 Å². The van der Waals surface area contributed by atoms with E-state index in [1.165, 1.54) is 167 Å². The molecule has 0 saturated carbocycles. The van der Waals surface area contributed by atoms with E-state index in [0.29, 0.717) is 19.6 Å². The fraction of sp³-hybridized carbons (Fsp3) is 1.00. The summed E-state index contributed by atoms with van der Waals surface area (Å²) in [6.45, 7) is 5.46. The minimum Gasteiger partial charge on any atom is -0.347 e. The van der Waals surface area contributed by atoms with Crippen molar-refractivity contribution in [1.29, 1.82) is 0 Å². The molecule has 8 heteroatoms. The van der Waals surface area contributed by atoms with Gasteiger partial charge in [-0.1, -0.05) is 181 Å². The fourth-order valence-corrected chi connectivity index (χ4v) is 7.53. The summed E-state index contributed by atoms with van der Waals surface area (Å²) in [6, 6.07) is 0. The van der Waals surface area contributed by atoms with Gasteiger partial charge in [-0.3, -0.25) is 9.05 Å². The van der Waals surface area contributed by atoms with E-state index in [2.05, 4.69) is 13.8 Å². The number of rotatable bonds is 37. The highest BCUT2D eigenvalue weighted by Crippen LogP contribution is 2.44. The molecule has 47 heavy (non-hydrogen) atoms. The van der Waals surface area contributed by atoms with Gasteiger partial charge in [0.15, 0.2) is 5.79 Å². The Bertz CT molecular complexity index is 679. The van der Waals surface area contributed by atoms with Gasteiger partial charge in [0.05, 0.1) is 19.8 Å². The van der Waals surface area contributed by atoms with Crippen molar-refractivity contribution in [3.8, 4) is 0 Å². The molecule has 0 aromatic heterocycles. The van der Waals surface area contributed by atoms with Crippen molar-refractivity contribution < 1.29 is 28.0 Å². The van der Waals surface area contributed by atoms with Crippen LogP contribution in [0.5, 0.6) is 0 Å². The topological polar surface area (TPSA) is 100 Å². The summed E-state index contributed by atoms with van der Waals surface area (Å²) in [5.41, 5.74) is 5.46. The molecule has 2 unspecified atom stereocenters. The summed E-state index contributed by atoms with van der Waals surface area (Å²) in [5.74, 6) is -0.595. The summed E-state index contributed by atoms with van der Waals surface area (Å²) < 4.78 is 35.2. The molecular formula is C39H80NO6P. The predicted molar refractivity (Wildman–Crippen MR) is 199 cm³/mol. The lowest BCUT2D eigenvalue weighted by molar-refractivity contribution is -0.182. The maximum atomic E-state index is 12.2. The van der Waals surface area contributed by atoms with Crippen LogP contribution < -0.4 is 5.73 Å². The maximum absolute atomic E-state index is 12.2. The molecule has 2 atom stereocenters. The molecule has 0 aromatic rings. The Morgan fingerprint density at radius 3 is 1.32 bits per heavy atom. The van der Waals surface area contributed by atoms with Gasteiger partial charge in [0.25, 0.3) is 0 Å². The van der Waals surface area contributed by atoms with Crippen molar-refractivity contribution in [3.63, 3.8) is 0 Å². The van der Waals surface area contributed by atoms with Gasteiger partial charge in [0, 0.05) is 12.8 Å². The monoisotopic (exact) mass is 690 g/mol. The number of nitrogens with two attached hydrogens (primary N) is 1. The molecule has 7 nitrogen and oxygen atoms in total. The smallest absolute Gasteiger partial charge is 0.347 e. The number of phosphoric ester groups is 1. The van der Waals surface area contributed by atoms with Crippen LogP contribution in [0.4, 0.5) is 0 Å². The normalized spacial score (nSPS) is 17.4. The molecule has 0 aromatic carbocycles. The van der Waals surface area contributed by atoms with Crippen LogP contribution in [-0.2, 0) is 23.1 Å². The summed E-state index contributed by atoms with van der Waals surface area (Å²) in [7, 11) is -4.11. The quantitative estimate of drug-likeness (QED) is 0.0494. The van der Waals surface area contributed by atoms with Gasteiger partial charge in [-0.05, 0) is 25.8 Å². The summed E-state index contributed by atoms with van der Waals surface area (Å²) in [4.78, 5) is 9.99. The molecule has 1 aliphatic rings. The van der Waals surface area contributed by atoms with E-state index >= 15 is 0 Å². The second-order valence-electron chi connectivity index (χ2n) is 14.4. The minimum absolute atomic E-state index is 0.00433. The van der Waals surface area contributed by atoms with Crippen LogP contribution in [-0.4, -0.2) is 43.1 Å². The molecule has 0 aliphatic carbocycles. The zero-order valence-corrected chi connectivity index (χ0v) is 32.2. The minimum atomic E-state index is -4.11. The molecule has 0 radical (unpaired) electrons. The molecule has 0 bridgehead atoms. The Labute approximate surface area is 292 Å². The highest BCUT2D eigenvalue weighted by molar-refractivity contribution is 7.47. The number of ether oxygens (including phenoxy) is 2. The Balaban J connectivity index is 2.28. The number of hydrogen-bond acceptors (Lipinski definition) is 6. The molecular weight excluding hydrogens is 609 g/mol. The lowest BCUT2D eigenvalue weighted by Gasteiger charge is -2.28. The number of unbranched alkanes of at least 4 members (excludes halogenated alkanes) is 26.